The number of hydrogen-bond donors (Lipinski definition) is 1. The van der Waals surface area contributed by atoms with Crippen molar-refractivity contribution in [1.82, 2.24) is 9.47 Å². The predicted molar refractivity (Wildman–Crippen MR) is 108 cm³/mol. The number of amides is 1. The summed E-state index contributed by atoms with van der Waals surface area (Å²) in [5.41, 5.74) is 1.67. The second-order valence-electron chi connectivity index (χ2n) is 8.29. The van der Waals surface area contributed by atoms with Gasteiger partial charge in [0.05, 0.1) is 17.1 Å². The maximum Gasteiger partial charge on any atom is 0.410 e. The fourth-order valence-corrected chi connectivity index (χ4v) is 3.97. The highest BCUT2D eigenvalue weighted by Gasteiger charge is 2.32. The number of aromatic nitrogens is 1. The summed E-state index contributed by atoms with van der Waals surface area (Å²) in [6.45, 7) is 6.74. The van der Waals surface area contributed by atoms with Gasteiger partial charge < -0.3 is 19.3 Å². The smallest absolute Gasteiger partial charge is 0.410 e. The van der Waals surface area contributed by atoms with E-state index in [-0.39, 0.29) is 17.7 Å². The van der Waals surface area contributed by atoms with Gasteiger partial charge in [-0.05, 0) is 45.4 Å². The van der Waals surface area contributed by atoms with E-state index >= 15 is 0 Å². The lowest BCUT2D eigenvalue weighted by molar-refractivity contribution is 0.0289. The molecule has 28 heavy (non-hydrogen) atoms. The Kier molecular flexibility index (Phi) is 4.29. The monoisotopic (exact) mass is 380 g/mol. The van der Waals surface area contributed by atoms with E-state index in [1.807, 2.05) is 45.0 Å². The summed E-state index contributed by atoms with van der Waals surface area (Å²) in [5, 5.41) is 11.5. The highest BCUT2D eigenvalue weighted by molar-refractivity contribution is 6.09. The Bertz CT molecular complexity index is 1080. The quantitative estimate of drug-likeness (QED) is 0.701. The van der Waals surface area contributed by atoms with Crippen molar-refractivity contribution in [1.29, 1.82) is 0 Å². The number of likely N-dealkylation sites (tertiary alicyclic amines) is 1. The Morgan fingerprint density at radius 3 is 2.50 bits per heavy atom. The van der Waals surface area contributed by atoms with E-state index in [1.165, 1.54) is 0 Å². The lowest BCUT2D eigenvalue weighted by Crippen LogP contribution is -2.35. The SMILES string of the molecule is CC(C)(C)OC(=O)N1CC[C@@H](n2c3ccccc3c3ccc(C(=O)O)cc32)C1. The van der Waals surface area contributed by atoms with Gasteiger partial charge in [-0.3, -0.25) is 0 Å². The van der Waals surface area contributed by atoms with Crippen LogP contribution in [0.25, 0.3) is 21.8 Å². The van der Waals surface area contributed by atoms with Crippen LogP contribution >= 0.6 is 0 Å². The zero-order valence-corrected chi connectivity index (χ0v) is 16.3. The standard InChI is InChI=1S/C22H24N2O4/c1-22(2,3)28-21(27)23-11-10-15(13-23)24-18-7-5-4-6-16(18)17-9-8-14(20(25)26)12-19(17)24/h4-9,12,15H,10-11,13H2,1-3H3,(H,25,26)/t15-/m1/s1. The van der Waals surface area contributed by atoms with Crippen LogP contribution in [0.1, 0.15) is 43.6 Å². The zero-order chi connectivity index (χ0) is 20.1. The Morgan fingerprint density at radius 2 is 1.79 bits per heavy atom. The van der Waals surface area contributed by atoms with Crippen LogP contribution in [0.4, 0.5) is 4.79 Å². The average Bonchev–Trinajstić information content (AvgIpc) is 3.22. The summed E-state index contributed by atoms with van der Waals surface area (Å²) < 4.78 is 7.69. The Morgan fingerprint density at radius 1 is 1.07 bits per heavy atom. The largest absolute Gasteiger partial charge is 0.478 e. The fourth-order valence-electron chi connectivity index (χ4n) is 3.97. The molecule has 0 bridgehead atoms. The van der Waals surface area contributed by atoms with Crippen molar-refractivity contribution in [3.8, 4) is 0 Å². The second-order valence-corrected chi connectivity index (χ2v) is 8.29. The maximum absolute atomic E-state index is 12.5. The van der Waals surface area contributed by atoms with Crippen molar-refractivity contribution in [3.05, 3.63) is 48.0 Å². The van der Waals surface area contributed by atoms with E-state index in [2.05, 4.69) is 10.6 Å². The van der Waals surface area contributed by atoms with Crippen LogP contribution in [0.15, 0.2) is 42.5 Å². The third-order valence-electron chi connectivity index (χ3n) is 5.14. The molecular weight excluding hydrogens is 356 g/mol. The molecule has 3 aromatic rings. The molecule has 0 saturated carbocycles. The molecule has 1 N–H and O–H groups in total. The number of hydrogen-bond acceptors (Lipinski definition) is 3. The minimum Gasteiger partial charge on any atom is -0.478 e. The van der Waals surface area contributed by atoms with Crippen molar-refractivity contribution in [3.63, 3.8) is 0 Å². The van der Waals surface area contributed by atoms with E-state index in [9.17, 15) is 14.7 Å². The molecule has 1 aromatic heterocycles. The molecule has 1 aliphatic rings. The van der Waals surface area contributed by atoms with Crippen LogP contribution in [0.3, 0.4) is 0 Å². The van der Waals surface area contributed by atoms with E-state index in [0.29, 0.717) is 13.1 Å². The number of rotatable bonds is 2. The van der Waals surface area contributed by atoms with E-state index in [1.54, 1.807) is 17.0 Å². The van der Waals surface area contributed by atoms with Gasteiger partial charge in [0.1, 0.15) is 5.60 Å². The van der Waals surface area contributed by atoms with E-state index in [0.717, 1.165) is 28.2 Å². The minimum absolute atomic E-state index is 0.0685. The summed E-state index contributed by atoms with van der Waals surface area (Å²) in [6.07, 6.45) is 0.492. The molecule has 1 fully saturated rings. The molecule has 1 atom stereocenters. The molecule has 0 unspecified atom stereocenters. The van der Waals surface area contributed by atoms with Gasteiger partial charge in [-0.15, -0.1) is 0 Å². The van der Waals surface area contributed by atoms with Crippen molar-refractivity contribution in [2.45, 2.75) is 38.8 Å². The van der Waals surface area contributed by atoms with Gasteiger partial charge in [-0.1, -0.05) is 24.3 Å². The first-order valence-electron chi connectivity index (χ1n) is 9.48. The van der Waals surface area contributed by atoms with Crippen LogP contribution in [-0.4, -0.2) is 45.3 Å². The summed E-state index contributed by atoms with van der Waals surface area (Å²) in [4.78, 5) is 25.7. The van der Waals surface area contributed by atoms with E-state index < -0.39 is 11.6 Å². The number of nitrogens with zero attached hydrogens (tertiary/aromatic N) is 2. The molecule has 2 aromatic carbocycles. The highest BCUT2D eigenvalue weighted by atomic mass is 16.6. The lowest BCUT2D eigenvalue weighted by atomic mass is 10.1. The molecule has 2 heterocycles. The third-order valence-corrected chi connectivity index (χ3v) is 5.14. The molecule has 6 nitrogen and oxygen atoms in total. The number of carboxylic acids is 1. The predicted octanol–water partition coefficient (Wildman–Crippen LogP) is 4.67. The number of ether oxygens (including phenoxy) is 1. The van der Waals surface area contributed by atoms with Gasteiger partial charge in [0.2, 0.25) is 0 Å². The molecule has 6 heteroatoms. The molecule has 146 valence electrons. The highest BCUT2D eigenvalue weighted by Crippen LogP contribution is 2.36. The van der Waals surface area contributed by atoms with Crippen LogP contribution in [0, 0.1) is 0 Å². The van der Waals surface area contributed by atoms with Crippen LogP contribution < -0.4 is 0 Å². The Balaban J connectivity index is 1.76. The first-order chi connectivity index (χ1) is 13.2. The third kappa shape index (κ3) is 3.19. The summed E-state index contributed by atoms with van der Waals surface area (Å²) in [6, 6.07) is 13.4. The fraction of sp³-hybridized carbons (Fsp3) is 0.364. The summed E-state index contributed by atoms with van der Waals surface area (Å²) >= 11 is 0. The first kappa shape index (κ1) is 18.3. The molecular formula is C22H24N2O4. The molecule has 4 rings (SSSR count). The number of para-hydroxylation sites is 1. The van der Waals surface area contributed by atoms with Gasteiger partial charge in [0, 0.05) is 29.4 Å². The number of aromatic carboxylic acids is 1. The van der Waals surface area contributed by atoms with Gasteiger partial charge in [0.15, 0.2) is 0 Å². The minimum atomic E-state index is -0.944. The number of carbonyl (C=O) groups excluding carboxylic acids is 1. The first-order valence-corrected chi connectivity index (χ1v) is 9.48. The number of benzene rings is 2. The summed E-state index contributed by atoms with van der Waals surface area (Å²) in [5.74, 6) is -0.944. The van der Waals surface area contributed by atoms with Crippen molar-refractivity contribution in [2.24, 2.45) is 0 Å². The second kappa shape index (κ2) is 6.55. The topological polar surface area (TPSA) is 71.8 Å². The van der Waals surface area contributed by atoms with Gasteiger partial charge >= 0.3 is 12.1 Å². The number of carbonyl (C=O) groups is 2. The van der Waals surface area contributed by atoms with Gasteiger partial charge in [0.25, 0.3) is 0 Å². The van der Waals surface area contributed by atoms with Crippen LogP contribution in [-0.2, 0) is 4.74 Å². The summed E-state index contributed by atoms with van der Waals surface area (Å²) in [7, 11) is 0. The molecule has 1 aliphatic heterocycles. The molecule has 1 saturated heterocycles. The zero-order valence-electron chi connectivity index (χ0n) is 16.3. The number of carboxylic acid groups (broad SMARTS) is 1. The molecule has 0 aliphatic carbocycles. The molecule has 0 radical (unpaired) electrons. The number of fused-ring (bicyclic) bond motifs is 3. The van der Waals surface area contributed by atoms with E-state index in [4.69, 9.17) is 4.74 Å². The Labute approximate surface area is 163 Å². The van der Waals surface area contributed by atoms with Crippen molar-refractivity contribution in [2.75, 3.05) is 13.1 Å². The lowest BCUT2D eigenvalue weighted by Gasteiger charge is -2.24. The van der Waals surface area contributed by atoms with Crippen LogP contribution in [0.2, 0.25) is 0 Å². The van der Waals surface area contributed by atoms with Crippen LogP contribution in [0.5, 0.6) is 0 Å². The van der Waals surface area contributed by atoms with Gasteiger partial charge in [-0.25, -0.2) is 9.59 Å². The van der Waals surface area contributed by atoms with Gasteiger partial charge in [-0.2, -0.15) is 0 Å². The van der Waals surface area contributed by atoms with Crippen molar-refractivity contribution >= 4 is 33.9 Å². The average molecular weight is 380 g/mol. The molecule has 1 amide bonds. The normalized spacial score (nSPS) is 17.4. The van der Waals surface area contributed by atoms with Crippen molar-refractivity contribution < 1.29 is 19.4 Å². The Hall–Kier alpha value is -3.02. The molecule has 0 spiro atoms. The maximum atomic E-state index is 12.5.